The summed E-state index contributed by atoms with van der Waals surface area (Å²) < 4.78 is 12.8. The molecule has 172 valence electrons. The van der Waals surface area contributed by atoms with Gasteiger partial charge in [0.2, 0.25) is 0 Å². The fraction of sp³-hybridized carbons (Fsp3) is 0.895. The van der Waals surface area contributed by atoms with Gasteiger partial charge < -0.3 is 35.0 Å². The van der Waals surface area contributed by atoms with Crippen LogP contribution in [0.2, 0.25) is 0 Å². The van der Waals surface area contributed by atoms with E-state index in [0.29, 0.717) is 37.9 Å². The Balaban J connectivity index is 1.31. The highest BCUT2D eigenvalue weighted by atomic mass is 32.2. The van der Waals surface area contributed by atoms with E-state index < -0.39 is 36.5 Å². The number of aromatic nitrogens is 3. The Hall–Kier alpha value is -0.790. The minimum absolute atomic E-state index is 0.241. The zero-order chi connectivity index (χ0) is 21.7. The van der Waals surface area contributed by atoms with Crippen molar-refractivity contribution in [1.82, 2.24) is 15.0 Å². The molecule has 8 atom stereocenters. The number of aliphatic hydroxyl groups is 5. The second kappa shape index (κ2) is 11.2. The third-order valence-electron chi connectivity index (χ3n) is 5.97. The number of aliphatic hydroxyl groups excluding tert-OH is 5. The van der Waals surface area contributed by atoms with Crippen molar-refractivity contribution in [2.45, 2.75) is 75.3 Å². The van der Waals surface area contributed by atoms with Gasteiger partial charge in [-0.25, -0.2) is 0 Å². The highest BCUT2D eigenvalue weighted by Crippen LogP contribution is 2.38. The van der Waals surface area contributed by atoms with Gasteiger partial charge in [0.25, 0.3) is 0 Å². The summed E-state index contributed by atoms with van der Waals surface area (Å²) in [5.74, 6) is 1.41. The van der Waals surface area contributed by atoms with Crippen LogP contribution in [-0.2, 0) is 22.6 Å². The molecule has 8 unspecified atom stereocenters. The molecule has 1 aliphatic heterocycles. The Morgan fingerprint density at radius 3 is 2.73 bits per heavy atom. The van der Waals surface area contributed by atoms with Gasteiger partial charge in [0, 0.05) is 19.1 Å². The highest BCUT2D eigenvalue weighted by molar-refractivity contribution is 7.99. The Labute approximate surface area is 180 Å². The van der Waals surface area contributed by atoms with Crippen LogP contribution < -0.4 is 0 Å². The highest BCUT2D eigenvalue weighted by Gasteiger charge is 2.43. The van der Waals surface area contributed by atoms with Gasteiger partial charge >= 0.3 is 0 Å². The van der Waals surface area contributed by atoms with Crippen molar-refractivity contribution in [2.24, 2.45) is 11.8 Å². The minimum atomic E-state index is -1.35. The molecular weight excluding hydrogens is 414 g/mol. The van der Waals surface area contributed by atoms with Crippen LogP contribution in [0.25, 0.3) is 0 Å². The number of thioether (sulfide) groups is 1. The maximum absolute atomic E-state index is 10.0. The number of nitrogens with zero attached hydrogens (tertiary/aromatic N) is 3. The predicted molar refractivity (Wildman–Crippen MR) is 108 cm³/mol. The van der Waals surface area contributed by atoms with Crippen molar-refractivity contribution < 1.29 is 35.0 Å². The molecular formula is C19H33N3O7S. The van der Waals surface area contributed by atoms with E-state index in [9.17, 15) is 25.5 Å². The molecule has 5 N–H and O–H groups in total. The minimum Gasteiger partial charge on any atom is -0.394 e. The first-order chi connectivity index (χ1) is 14.4. The normalized spacial score (nSPS) is 36.6. The molecule has 0 bridgehead atoms. The summed E-state index contributed by atoms with van der Waals surface area (Å²) in [5, 5.41) is 56.9. The smallest absolute Gasteiger partial charge is 0.132 e. The Morgan fingerprint density at radius 1 is 1.23 bits per heavy atom. The summed E-state index contributed by atoms with van der Waals surface area (Å²) in [6, 6.07) is 0. The molecule has 0 spiro atoms. The average Bonchev–Trinajstić information content (AvgIpc) is 3.20. The quantitative estimate of drug-likeness (QED) is 0.271. The van der Waals surface area contributed by atoms with Gasteiger partial charge in [-0.2, -0.15) is 0 Å². The van der Waals surface area contributed by atoms with E-state index in [1.807, 2.05) is 6.20 Å². The maximum Gasteiger partial charge on any atom is 0.132 e. The summed E-state index contributed by atoms with van der Waals surface area (Å²) in [5.41, 5.74) is 0.0210. The molecule has 0 radical (unpaired) electrons. The molecule has 11 heteroatoms. The van der Waals surface area contributed by atoms with Crippen molar-refractivity contribution in [3.05, 3.63) is 11.9 Å². The maximum atomic E-state index is 10.0. The van der Waals surface area contributed by atoms with Crippen molar-refractivity contribution >= 4 is 11.8 Å². The van der Waals surface area contributed by atoms with Gasteiger partial charge in [0.15, 0.2) is 0 Å². The first kappa shape index (κ1) is 23.9. The molecule has 1 saturated heterocycles. The van der Waals surface area contributed by atoms with Gasteiger partial charge in [0.05, 0.1) is 25.5 Å². The van der Waals surface area contributed by atoms with Gasteiger partial charge in [-0.1, -0.05) is 18.6 Å². The van der Waals surface area contributed by atoms with Crippen molar-refractivity contribution in [1.29, 1.82) is 0 Å². The van der Waals surface area contributed by atoms with Gasteiger partial charge in [0.1, 0.15) is 35.5 Å². The lowest BCUT2D eigenvalue weighted by atomic mass is 9.69. The van der Waals surface area contributed by atoms with Crippen LogP contribution in [0.15, 0.2) is 6.20 Å². The lowest BCUT2D eigenvalue weighted by molar-refractivity contribution is -0.205. The van der Waals surface area contributed by atoms with Crippen LogP contribution in [0.1, 0.15) is 31.9 Å². The van der Waals surface area contributed by atoms with E-state index in [4.69, 9.17) is 9.47 Å². The molecule has 1 aromatic heterocycles. The molecule has 0 amide bonds. The summed E-state index contributed by atoms with van der Waals surface area (Å²) >= 11 is 1.31. The van der Waals surface area contributed by atoms with Crippen LogP contribution in [0.5, 0.6) is 0 Å². The lowest BCUT2D eigenvalue weighted by Gasteiger charge is -2.41. The summed E-state index contributed by atoms with van der Waals surface area (Å²) in [4.78, 5) is 0. The average molecular weight is 448 g/mol. The molecule has 3 rings (SSSR count). The number of rotatable bonds is 11. The van der Waals surface area contributed by atoms with E-state index in [1.54, 1.807) is 4.68 Å². The van der Waals surface area contributed by atoms with E-state index in [2.05, 4.69) is 17.2 Å². The fourth-order valence-corrected chi connectivity index (χ4v) is 5.07. The molecule has 1 aliphatic carbocycles. The molecule has 2 fully saturated rings. The lowest BCUT2D eigenvalue weighted by Crippen LogP contribution is -2.57. The molecule has 2 heterocycles. The van der Waals surface area contributed by atoms with Gasteiger partial charge in [-0.15, -0.1) is 16.9 Å². The molecule has 1 aromatic rings. The van der Waals surface area contributed by atoms with Crippen LogP contribution >= 0.6 is 11.8 Å². The zero-order valence-electron chi connectivity index (χ0n) is 17.2. The van der Waals surface area contributed by atoms with E-state index in [0.717, 1.165) is 18.5 Å². The third-order valence-corrected chi connectivity index (χ3v) is 7.21. The third kappa shape index (κ3) is 5.71. The van der Waals surface area contributed by atoms with Crippen LogP contribution in [-0.4, -0.2) is 95.4 Å². The Morgan fingerprint density at radius 2 is 2.03 bits per heavy atom. The van der Waals surface area contributed by atoms with Crippen molar-refractivity contribution in [3.8, 4) is 0 Å². The number of hydrogen-bond acceptors (Lipinski definition) is 10. The molecule has 1 saturated carbocycles. The van der Waals surface area contributed by atoms with E-state index in [1.165, 1.54) is 11.8 Å². The van der Waals surface area contributed by atoms with E-state index in [-0.39, 0.29) is 12.0 Å². The van der Waals surface area contributed by atoms with Crippen molar-refractivity contribution in [2.75, 3.05) is 19.0 Å². The first-order valence-corrected chi connectivity index (χ1v) is 11.6. The second-order valence-electron chi connectivity index (χ2n) is 8.04. The van der Waals surface area contributed by atoms with Crippen LogP contribution in [0, 0.1) is 11.8 Å². The Kier molecular flexibility index (Phi) is 8.90. The topological polar surface area (TPSA) is 150 Å². The standard InChI is InChI=1S/C19H33N3O7S/c1-2-11-6-14(24)13(11)8-22-7-12(20-21-22)10-28-4-3-5-30-19-18(27)17(26)16(25)15(9-23)29-19/h7,11,13-19,23-27H,2-6,8-10H2,1H3. The summed E-state index contributed by atoms with van der Waals surface area (Å²) in [6.07, 6.45) is -0.556. The first-order valence-electron chi connectivity index (χ1n) is 10.5. The molecule has 0 aromatic carbocycles. The second-order valence-corrected chi connectivity index (χ2v) is 9.25. The number of ether oxygens (including phenoxy) is 2. The summed E-state index contributed by atoms with van der Waals surface area (Å²) in [7, 11) is 0. The molecule has 10 nitrogen and oxygen atoms in total. The van der Waals surface area contributed by atoms with Gasteiger partial charge in [-0.3, -0.25) is 4.68 Å². The van der Waals surface area contributed by atoms with Crippen molar-refractivity contribution in [3.63, 3.8) is 0 Å². The van der Waals surface area contributed by atoms with E-state index >= 15 is 0 Å². The molecule has 2 aliphatic rings. The fourth-order valence-electron chi connectivity index (χ4n) is 3.97. The van der Waals surface area contributed by atoms with Crippen LogP contribution in [0.3, 0.4) is 0 Å². The van der Waals surface area contributed by atoms with Gasteiger partial charge in [-0.05, 0) is 24.5 Å². The predicted octanol–water partition coefficient (Wildman–Crippen LogP) is -0.875. The zero-order valence-corrected chi connectivity index (χ0v) is 18.0. The Bertz CT molecular complexity index is 649. The summed E-state index contributed by atoms with van der Waals surface area (Å²) in [6.45, 7) is 3.21. The SMILES string of the molecule is CCC1CC(O)C1Cn1cc(COCCCSC2OC(CO)C(O)C(O)C2O)nn1. The largest absolute Gasteiger partial charge is 0.394 e. The van der Waals surface area contributed by atoms with Crippen LogP contribution in [0.4, 0.5) is 0 Å². The number of hydrogen-bond donors (Lipinski definition) is 5. The monoisotopic (exact) mass is 447 g/mol. The molecule has 30 heavy (non-hydrogen) atoms.